The second-order valence-corrected chi connectivity index (χ2v) is 7.35. The minimum absolute atomic E-state index is 0.0313. The summed E-state index contributed by atoms with van der Waals surface area (Å²) < 4.78 is 0. The molecule has 2 atom stereocenters. The Balaban J connectivity index is 1.84. The molecule has 0 aliphatic carbocycles. The van der Waals surface area contributed by atoms with Crippen molar-refractivity contribution >= 4 is 23.4 Å². The molecular formula is C16H21N3OS. The first kappa shape index (κ1) is 15.9. The quantitative estimate of drug-likeness (QED) is 0.929. The molecule has 1 saturated heterocycles. The van der Waals surface area contributed by atoms with Gasteiger partial charge in [-0.2, -0.15) is 17.0 Å². The third-order valence-electron chi connectivity index (χ3n) is 3.47. The smallest absolute Gasteiger partial charge is 0.225 e. The molecule has 2 rings (SSSR count). The topological polar surface area (TPSA) is 56.1 Å². The minimum Gasteiger partial charge on any atom is -0.325 e. The lowest BCUT2D eigenvalue weighted by Crippen LogP contribution is -2.41. The molecule has 1 aromatic carbocycles. The Bertz CT molecular complexity index is 531. The van der Waals surface area contributed by atoms with Crippen molar-refractivity contribution < 1.29 is 4.79 Å². The molecule has 0 spiro atoms. The van der Waals surface area contributed by atoms with Crippen molar-refractivity contribution in [2.75, 3.05) is 25.0 Å². The molecule has 0 bridgehead atoms. The predicted octanol–water partition coefficient (Wildman–Crippen LogP) is 2.71. The van der Waals surface area contributed by atoms with Gasteiger partial charge in [0.15, 0.2) is 0 Å². The van der Waals surface area contributed by atoms with Gasteiger partial charge >= 0.3 is 0 Å². The molecule has 1 aliphatic rings. The van der Waals surface area contributed by atoms with Gasteiger partial charge in [0.1, 0.15) is 6.07 Å². The number of carbonyl (C=O) groups excluding carboxylic acids is 1. The molecule has 21 heavy (non-hydrogen) atoms. The van der Waals surface area contributed by atoms with Gasteiger partial charge in [-0.1, -0.05) is 26.0 Å². The number of nitrogens with one attached hydrogen (secondary N) is 1. The van der Waals surface area contributed by atoms with Crippen LogP contribution < -0.4 is 5.32 Å². The van der Waals surface area contributed by atoms with Crippen molar-refractivity contribution in [2.45, 2.75) is 30.8 Å². The lowest BCUT2D eigenvalue weighted by Gasteiger charge is -2.34. The van der Waals surface area contributed by atoms with Crippen LogP contribution in [0.1, 0.15) is 25.8 Å². The van der Waals surface area contributed by atoms with E-state index in [9.17, 15) is 4.79 Å². The number of hydrogen-bond donors (Lipinski definition) is 1. The highest BCUT2D eigenvalue weighted by molar-refractivity contribution is 8.00. The lowest BCUT2D eigenvalue weighted by molar-refractivity contribution is -0.116. The van der Waals surface area contributed by atoms with Crippen LogP contribution in [0.4, 0.5) is 5.69 Å². The molecule has 112 valence electrons. The van der Waals surface area contributed by atoms with Gasteiger partial charge in [-0.25, -0.2) is 0 Å². The maximum Gasteiger partial charge on any atom is 0.225 e. The van der Waals surface area contributed by atoms with Crippen LogP contribution in [0, 0.1) is 11.3 Å². The number of thioether (sulfide) groups is 1. The van der Waals surface area contributed by atoms with E-state index in [1.165, 1.54) is 0 Å². The van der Waals surface area contributed by atoms with Crippen LogP contribution >= 0.6 is 11.8 Å². The Morgan fingerprint density at radius 3 is 2.71 bits per heavy atom. The molecule has 0 aromatic heterocycles. The number of carbonyl (C=O) groups is 1. The van der Waals surface area contributed by atoms with E-state index in [1.807, 2.05) is 17.8 Å². The van der Waals surface area contributed by atoms with E-state index in [0.29, 0.717) is 28.2 Å². The van der Waals surface area contributed by atoms with Gasteiger partial charge in [0.25, 0.3) is 0 Å². The summed E-state index contributed by atoms with van der Waals surface area (Å²) in [5.74, 6) is -0.0313. The van der Waals surface area contributed by atoms with Crippen molar-refractivity contribution in [2.24, 2.45) is 0 Å². The van der Waals surface area contributed by atoms with Gasteiger partial charge in [-0.3, -0.25) is 4.79 Å². The van der Waals surface area contributed by atoms with Crippen LogP contribution in [0.3, 0.4) is 0 Å². The van der Waals surface area contributed by atoms with Gasteiger partial charge in [-0.15, -0.1) is 0 Å². The third kappa shape index (κ3) is 4.76. The Labute approximate surface area is 130 Å². The van der Waals surface area contributed by atoms with Crippen LogP contribution in [0.5, 0.6) is 0 Å². The Morgan fingerprint density at radius 1 is 1.38 bits per heavy atom. The zero-order valence-corrected chi connectivity index (χ0v) is 13.3. The fourth-order valence-electron chi connectivity index (χ4n) is 2.63. The molecule has 1 fully saturated rings. The first-order valence-corrected chi connectivity index (χ1v) is 8.19. The number of rotatable bonds is 4. The monoisotopic (exact) mass is 303 g/mol. The number of nitriles is 1. The molecule has 1 amide bonds. The number of benzene rings is 1. The molecule has 0 saturated carbocycles. The summed E-state index contributed by atoms with van der Waals surface area (Å²) >= 11 is 2.01. The molecule has 2 unspecified atom stereocenters. The normalized spacial score (nSPS) is 22.5. The average Bonchev–Trinajstić information content (AvgIpc) is 2.45. The number of hydrogen-bond acceptors (Lipinski definition) is 4. The van der Waals surface area contributed by atoms with Crippen LogP contribution in [-0.4, -0.2) is 40.9 Å². The summed E-state index contributed by atoms with van der Waals surface area (Å²) in [5, 5.41) is 13.1. The van der Waals surface area contributed by atoms with E-state index in [-0.39, 0.29) is 5.91 Å². The standard InChI is InChI=1S/C16H21N3OS/c1-12-10-19(11-13(2)21-12)8-7-16(20)18-15-6-4-3-5-14(15)9-17/h3-6,12-13H,7-8,10-11H2,1-2H3,(H,18,20). The van der Waals surface area contributed by atoms with Crippen LogP contribution in [0.15, 0.2) is 24.3 Å². The largest absolute Gasteiger partial charge is 0.325 e. The third-order valence-corrected chi connectivity index (χ3v) is 4.70. The van der Waals surface area contributed by atoms with E-state index < -0.39 is 0 Å². The molecule has 1 N–H and O–H groups in total. The summed E-state index contributed by atoms with van der Waals surface area (Å²) in [6.45, 7) is 7.32. The zero-order chi connectivity index (χ0) is 15.2. The Hall–Kier alpha value is -1.51. The Kier molecular flexibility index (Phi) is 5.66. The van der Waals surface area contributed by atoms with Crippen molar-refractivity contribution in [3.63, 3.8) is 0 Å². The molecule has 0 radical (unpaired) electrons. The second kappa shape index (κ2) is 7.48. The van der Waals surface area contributed by atoms with E-state index in [2.05, 4.69) is 30.1 Å². The lowest BCUT2D eigenvalue weighted by atomic mass is 10.2. The van der Waals surface area contributed by atoms with Gasteiger partial charge in [0, 0.05) is 36.6 Å². The number of anilines is 1. The number of para-hydroxylation sites is 1. The van der Waals surface area contributed by atoms with Gasteiger partial charge in [0.05, 0.1) is 11.3 Å². The number of nitrogens with zero attached hydrogens (tertiary/aromatic N) is 2. The summed E-state index contributed by atoms with van der Waals surface area (Å²) in [7, 11) is 0. The minimum atomic E-state index is -0.0313. The first-order valence-electron chi connectivity index (χ1n) is 7.25. The van der Waals surface area contributed by atoms with E-state index in [4.69, 9.17) is 5.26 Å². The first-order chi connectivity index (χ1) is 10.1. The highest BCUT2D eigenvalue weighted by atomic mass is 32.2. The van der Waals surface area contributed by atoms with Crippen molar-refractivity contribution in [3.8, 4) is 6.07 Å². The van der Waals surface area contributed by atoms with E-state index in [0.717, 1.165) is 19.6 Å². The van der Waals surface area contributed by atoms with Crippen molar-refractivity contribution in [1.29, 1.82) is 5.26 Å². The maximum atomic E-state index is 12.0. The fourth-order valence-corrected chi connectivity index (χ4v) is 4.02. The molecule has 1 heterocycles. The maximum absolute atomic E-state index is 12.0. The molecule has 1 aliphatic heterocycles. The number of amides is 1. The second-order valence-electron chi connectivity index (χ2n) is 5.47. The summed E-state index contributed by atoms with van der Waals surface area (Å²) in [5.41, 5.74) is 1.10. The van der Waals surface area contributed by atoms with Crippen LogP contribution in [0.25, 0.3) is 0 Å². The molecule has 1 aromatic rings. The average molecular weight is 303 g/mol. The van der Waals surface area contributed by atoms with Crippen LogP contribution in [-0.2, 0) is 4.79 Å². The highest BCUT2D eigenvalue weighted by Gasteiger charge is 2.22. The van der Waals surface area contributed by atoms with Gasteiger partial charge < -0.3 is 10.2 Å². The van der Waals surface area contributed by atoms with Crippen molar-refractivity contribution in [1.82, 2.24) is 4.90 Å². The summed E-state index contributed by atoms with van der Waals surface area (Å²) in [4.78, 5) is 14.4. The van der Waals surface area contributed by atoms with Gasteiger partial charge in [0.2, 0.25) is 5.91 Å². The SMILES string of the molecule is CC1CN(CCC(=O)Nc2ccccc2C#N)CC(C)S1. The van der Waals surface area contributed by atoms with Crippen molar-refractivity contribution in [3.05, 3.63) is 29.8 Å². The predicted molar refractivity (Wildman–Crippen MR) is 87.4 cm³/mol. The summed E-state index contributed by atoms with van der Waals surface area (Å²) in [6, 6.07) is 9.18. The van der Waals surface area contributed by atoms with E-state index in [1.54, 1.807) is 18.2 Å². The highest BCUT2D eigenvalue weighted by Crippen LogP contribution is 2.24. The fraction of sp³-hybridized carbons (Fsp3) is 0.500. The zero-order valence-electron chi connectivity index (χ0n) is 12.5. The molecule has 5 heteroatoms. The van der Waals surface area contributed by atoms with Crippen LogP contribution in [0.2, 0.25) is 0 Å². The van der Waals surface area contributed by atoms with E-state index >= 15 is 0 Å². The molecule has 4 nitrogen and oxygen atoms in total. The van der Waals surface area contributed by atoms with Gasteiger partial charge in [-0.05, 0) is 12.1 Å². The molecular weight excluding hydrogens is 282 g/mol. The Morgan fingerprint density at radius 2 is 2.05 bits per heavy atom. The summed E-state index contributed by atoms with van der Waals surface area (Å²) in [6.07, 6.45) is 0.462.